The molecule has 4 nitrogen and oxygen atoms in total. The van der Waals surface area contributed by atoms with Gasteiger partial charge in [-0.3, -0.25) is 19.8 Å². The van der Waals surface area contributed by atoms with Crippen molar-refractivity contribution >= 4 is 0 Å². The van der Waals surface area contributed by atoms with Crippen LogP contribution in [0, 0.1) is 21.7 Å². The average molecular weight is 511 g/mol. The Hall–Kier alpha value is -1.78. The van der Waals surface area contributed by atoms with E-state index in [1.54, 1.807) is 22.3 Å². The first-order valence-corrected chi connectivity index (χ1v) is 15.6. The van der Waals surface area contributed by atoms with E-state index in [2.05, 4.69) is 72.0 Å². The van der Waals surface area contributed by atoms with Crippen LogP contribution in [0.25, 0.3) is 0 Å². The van der Waals surface area contributed by atoms with Crippen molar-refractivity contribution in [3.05, 3.63) is 59.2 Å². The van der Waals surface area contributed by atoms with E-state index >= 15 is 0 Å². The molecule has 2 aliphatic heterocycles. The van der Waals surface area contributed by atoms with E-state index < -0.39 is 0 Å². The lowest BCUT2D eigenvalue weighted by atomic mass is 9.39. The summed E-state index contributed by atoms with van der Waals surface area (Å²) in [6, 6.07) is 6.13. The Kier molecular flexibility index (Phi) is 5.01. The largest absolute Gasteiger partial charge is 0.298 e. The Balaban J connectivity index is 1.03. The van der Waals surface area contributed by atoms with Crippen LogP contribution in [-0.4, -0.2) is 58.0 Å². The first-order chi connectivity index (χ1) is 18.2. The standard InChI is InChI=1S/C34H46N4/c1-31(2)27-17-33(31,15-23-9-11-35-19-25(23)27)21-37-13-5-7-29(37)30-8-6-14-38(30)22-34-16-24-10-12-36-20-26(24)28(18-34)32(34,3)4/h9-12,19-20,27-30H,5-8,13-18,21-22H2,1-4H3/t27-,28-,29+,30+,33-,34-/m0/s1. The number of aromatic nitrogens is 2. The third-order valence-corrected chi connectivity index (χ3v) is 13.7. The first-order valence-electron chi connectivity index (χ1n) is 15.6. The molecule has 0 unspecified atom stereocenters. The zero-order valence-corrected chi connectivity index (χ0v) is 24.0. The number of rotatable bonds is 5. The van der Waals surface area contributed by atoms with Gasteiger partial charge in [0.1, 0.15) is 0 Å². The van der Waals surface area contributed by atoms with Crippen LogP contribution >= 0.6 is 0 Å². The van der Waals surface area contributed by atoms with Gasteiger partial charge in [-0.15, -0.1) is 0 Å². The second-order valence-corrected chi connectivity index (χ2v) is 15.4. The SMILES string of the molecule is CC1(C)[C@H]2C[C@]1(CN1CCC[C@@H]1[C@H]1CCCN1C[C@]13Cc4ccncc4[C@H](C1)C3(C)C)Cc1ccncc12. The van der Waals surface area contributed by atoms with E-state index in [9.17, 15) is 0 Å². The molecule has 10 rings (SSSR count). The van der Waals surface area contributed by atoms with Gasteiger partial charge in [0.2, 0.25) is 0 Å². The fraction of sp³-hybridized carbons (Fsp3) is 0.706. The van der Waals surface area contributed by atoms with Gasteiger partial charge < -0.3 is 0 Å². The average Bonchev–Trinajstić information content (AvgIpc) is 3.56. The lowest BCUT2D eigenvalue weighted by Gasteiger charge is -2.67. The highest BCUT2D eigenvalue weighted by Gasteiger charge is 2.65. The Morgan fingerprint density at radius 3 is 1.58 bits per heavy atom. The van der Waals surface area contributed by atoms with E-state index in [-0.39, 0.29) is 0 Å². The molecule has 38 heavy (non-hydrogen) atoms. The monoisotopic (exact) mass is 510 g/mol. The molecule has 0 aromatic carbocycles. The maximum Gasteiger partial charge on any atom is 0.0305 e. The summed E-state index contributed by atoms with van der Waals surface area (Å²) >= 11 is 0. The molecule has 4 bridgehead atoms. The highest BCUT2D eigenvalue weighted by atomic mass is 15.3. The van der Waals surface area contributed by atoms with Crippen LogP contribution in [0.15, 0.2) is 36.9 Å². The van der Waals surface area contributed by atoms with Crippen molar-refractivity contribution in [2.45, 2.75) is 103 Å². The lowest BCUT2D eigenvalue weighted by molar-refractivity contribution is -0.126. The Labute approximate surface area is 229 Å². The lowest BCUT2D eigenvalue weighted by Crippen LogP contribution is -2.65. The van der Waals surface area contributed by atoms with Crippen molar-refractivity contribution in [1.82, 2.24) is 19.8 Å². The zero-order chi connectivity index (χ0) is 25.9. The van der Waals surface area contributed by atoms with Gasteiger partial charge in [-0.25, -0.2) is 0 Å². The van der Waals surface area contributed by atoms with E-state index in [4.69, 9.17) is 0 Å². The summed E-state index contributed by atoms with van der Waals surface area (Å²) in [7, 11) is 0. The molecule has 8 aliphatic rings. The molecule has 0 radical (unpaired) electrons. The summed E-state index contributed by atoms with van der Waals surface area (Å²) in [6.07, 6.45) is 19.2. The number of hydrogen-bond donors (Lipinski definition) is 0. The summed E-state index contributed by atoms with van der Waals surface area (Å²) < 4.78 is 0. The van der Waals surface area contributed by atoms with E-state index in [1.165, 1.54) is 77.5 Å². The fourth-order valence-corrected chi connectivity index (χ4v) is 10.8. The summed E-state index contributed by atoms with van der Waals surface area (Å²) in [5.41, 5.74) is 7.88. The number of hydrogen-bond acceptors (Lipinski definition) is 4. The number of nitrogens with zero attached hydrogens (tertiary/aromatic N) is 4. The first kappa shape index (κ1) is 24.1. The minimum atomic E-state index is 0.375. The third-order valence-electron chi connectivity index (χ3n) is 13.7. The third kappa shape index (κ3) is 3.00. The highest BCUT2D eigenvalue weighted by Crippen LogP contribution is 2.71. The molecule has 4 heterocycles. The molecule has 0 N–H and O–H groups in total. The van der Waals surface area contributed by atoms with Gasteiger partial charge in [-0.2, -0.15) is 0 Å². The van der Waals surface area contributed by atoms with Crippen LogP contribution in [-0.2, 0) is 12.8 Å². The van der Waals surface area contributed by atoms with Gasteiger partial charge in [0.15, 0.2) is 0 Å². The smallest absolute Gasteiger partial charge is 0.0305 e. The Bertz CT molecular complexity index is 1170. The van der Waals surface area contributed by atoms with Crippen molar-refractivity contribution in [3.63, 3.8) is 0 Å². The van der Waals surface area contributed by atoms with Crippen LogP contribution < -0.4 is 0 Å². The summed E-state index contributed by atoms with van der Waals surface area (Å²) in [5, 5.41) is 0. The second-order valence-electron chi connectivity index (χ2n) is 15.4. The molecule has 2 aromatic rings. The molecular weight excluding hydrogens is 464 g/mol. The molecule has 2 saturated heterocycles. The molecular formula is C34H46N4. The van der Waals surface area contributed by atoms with Crippen molar-refractivity contribution in [3.8, 4) is 0 Å². The van der Waals surface area contributed by atoms with Crippen LogP contribution in [0.3, 0.4) is 0 Å². The van der Waals surface area contributed by atoms with Gasteiger partial charge in [0.05, 0.1) is 0 Å². The molecule has 202 valence electrons. The molecule has 0 amide bonds. The van der Waals surface area contributed by atoms with Gasteiger partial charge in [-0.05, 0) is 132 Å². The van der Waals surface area contributed by atoms with Crippen molar-refractivity contribution in [1.29, 1.82) is 0 Å². The van der Waals surface area contributed by atoms with E-state index in [0.29, 0.717) is 33.5 Å². The molecule has 2 aromatic heterocycles. The molecule has 4 heteroatoms. The molecule has 4 fully saturated rings. The topological polar surface area (TPSA) is 32.3 Å². The van der Waals surface area contributed by atoms with Gasteiger partial charge in [0, 0.05) is 50.0 Å². The Morgan fingerprint density at radius 2 is 1.16 bits per heavy atom. The van der Waals surface area contributed by atoms with Crippen LogP contribution in [0.4, 0.5) is 0 Å². The minimum absolute atomic E-state index is 0.375. The summed E-state index contributed by atoms with van der Waals surface area (Å²) in [6.45, 7) is 15.5. The maximum atomic E-state index is 4.50. The molecule has 6 atom stereocenters. The van der Waals surface area contributed by atoms with E-state index in [1.807, 2.05) is 12.4 Å². The number of likely N-dealkylation sites (tertiary alicyclic amines) is 2. The predicted octanol–water partition coefficient (Wildman–Crippen LogP) is 6.22. The van der Waals surface area contributed by atoms with Crippen molar-refractivity contribution < 1.29 is 0 Å². The normalized spacial score (nSPS) is 40.2. The summed E-state index contributed by atoms with van der Waals surface area (Å²) in [5.74, 6) is 1.39. The van der Waals surface area contributed by atoms with Crippen LogP contribution in [0.5, 0.6) is 0 Å². The number of pyridine rings is 2. The van der Waals surface area contributed by atoms with Crippen molar-refractivity contribution in [2.75, 3.05) is 26.2 Å². The van der Waals surface area contributed by atoms with Crippen LogP contribution in [0.2, 0.25) is 0 Å². The minimum Gasteiger partial charge on any atom is -0.298 e. The molecule has 0 spiro atoms. The van der Waals surface area contributed by atoms with Crippen molar-refractivity contribution in [2.24, 2.45) is 21.7 Å². The molecule has 6 aliphatic carbocycles. The maximum absolute atomic E-state index is 4.50. The van der Waals surface area contributed by atoms with Gasteiger partial charge in [-0.1, -0.05) is 27.7 Å². The fourth-order valence-electron chi connectivity index (χ4n) is 10.8. The zero-order valence-electron chi connectivity index (χ0n) is 24.0. The second kappa shape index (κ2) is 7.91. The van der Waals surface area contributed by atoms with E-state index in [0.717, 1.165) is 12.1 Å². The summed E-state index contributed by atoms with van der Waals surface area (Å²) in [4.78, 5) is 15.0. The van der Waals surface area contributed by atoms with Gasteiger partial charge >= 0.3 is 0 Å². The van der Waals surface area contributed by atoms with Gasteiger partial charge in [0.25, 0.3) is 0 Å². The highest BCUT2D eigenvalue weighted by molar-refractivity contribution is 5.42. The quantitative estimate of drug-likeness (QED) is 0.478. The predicted molar refractivity (Wildman–Crippen MR) is 152 cm³/mol. The molecule has 2 saturated carbocycles. The van der Waals surface area contributed by atoms with Crippen LogP contribution in [0.1, 0.15) is 100 Å². The Morgan fingerprint density at radius 1 is 0.711 bits per heavy atom.